The van der Waals surface area contributed by atoms with Gasteiger partial charge < -0.3 is 0 Å². The van der Waals surface area contributed by atoms with Crippen molar-refractivity contribution < 1.29 is 0 Å². The van der Waals surface area contributed by atoms with Crippen molar-refractivity contribution in [2.24, 2.45) is 0 Å². The first-order chi connectivity index (χ1) is 5.27. The Hall–Kier alpha value is -0.118. The van der Waals surface area contributed by atoms with E-state index in [1.54, 1.807) is 0 Å². The van der Waals surface area contributed by atoms with Crippen molar-refractivity contribution in [3.05, 3.63) is 22.2 Å². The van der Waals surface area contributed by atoms with Crippen LogP contribution in [0.2, 0.25) is 0 Å². The average Bonchev–Trinajstić information content (AvgIpc) is 2.32. The van der Waals surface area contributed by atoms with E-state index < -0.39 is 0 Å². The molecule has 0 radical (unpaired) electrons. The highest BCUT2D eigenvalue weighted by Gasteiger charge is 1.99. The molecule has 0 atom stereocenters. The standard InChI is InChI=1S/C6H3IN3.Al.2H/c7-5-3-9-10-2-1-8-4-6(5)10;;;/h2-4H;;;. The molecule has 0 saturated carbocycles. The van der Waals surface area contributed by atoms with Crippen molar-refractivity contribution in [1.29, 1.82) is 0 Å². The fourth-order valence-electron chi connectivity index (χ4n) is 0.948. The van der Waals surface area contributed by atoms with Crippen molar-refractivity contribution in [1.82, 2.24) is 14.6 Å². The van der Waals surface area contributed by atoms with Crippen LogP contribution in [0.15, 0.2) is 18.6 Å². The Kier molecular flexibility index (Phi) is 1.87. The summed E-state index contributed by atoms with van der Waals surface area (Å²) in [7, 11) is 0. The van der Waals surface area contributed by atoms with Gasteiger partial charge in [0.05, 0.1) is 21.5 Å². The molecule has 0 aliphatic carbocycles. The van der Waals surface area contributed by atoms with Gasteiger partial charge in [0.2, 0.25) is 0 Å². The van der Waals surface area contributed by atoms with Crippen LogP contribution in [0.25, 0.3) is 5.52 Å². The maximum atomic E-state index is 4.24. The van der Waals surface area contributed by atoms with Gasteiger partial charge in [0.25, 0.3) is 16.3 Å². The fourth-order valence-corrected chi connectivity index (χ4v) is 1.83. The minimum absolute atomic E-state index is 0.978. The number of rotatable bonds is 0. The molecule has 0 aromatic carbocycles. The number of nitrogens with zero attached hydrogens (tertiary/aromatic N) is 3. The number of hydrogen-bond acceptors (Lipinski definition) is 2. The van der Waals surface area contributed by atoms with Crippen LogP contribution >= 0.6 is 22.6 Å². The summed E-state index contributed by atoms with van der Waals surface area (Å²) in [6, 6.07) is 0. The minimum Gasteiger partial charge on any atom is -0.277 e. The second-order valence-electron chi connectivity index (χ2n) is 2.35. The quantitative estimate of drug-likeness (QED) is 0.482. The van der Waals surface area contributed by atoms with Crippen molar-refractivity contribution in [3.63, 3.8) is 0 Å². The van der Waals surface area contributed by atoms with Gasteiger partial charge in [-0.1, -0.05) is 0 Å². The summed E-state index contributed by atoms with van der Waals surface area (Å²) in [4.78, 5) is 4.24. The summed E-state index contributed by atoms with van der Waals surface area (Å²) in [5.74, 6) is 0. The molecule has 0 N–H and O–H groups in total. The van der Waals surface area contributed by atoms with Gasteiger partial charge in [0, 0.05) is 6.20 Å². The van der Waals surface area contributed by atoms with Crippen molar-refractivity contribution in [2.45, 2.75) is 0 Å². The summed E-state index contributed by atoms with van der Waals surface area (Å²) >= 11 is 3.23. The lowest BCUT2D eigenvalue weighted by atomic mass is 10.5. The van der Waals surface area contributed by atoms with Gasteiger partial charge in [0.15, 0.2) is 0 Å². The van der Waals surface area contributed by atoms with Crippen molar-refractivity contribution in [2.75, 3.05) is 0 Å². The zero-order valence-corrected chi connectivity index (χ0v) is 10.1. The van der Waals surface area contributed by atoms with Crippen LogP contribution in [-0.2, 0) is 0 Å². The second-order valence-corrected chi connectivity index (χ2v) is 4.54. The molecule has 2 heterocycles. The Bertz CT molecular complexity index is 398. The first-order valence-corrected chi connectivity index (χ1v) is 5.31. The number of aromatic nitrogens is 3. The van der Waals surface area contributed by atoms with Crippen LogP contribution in [0.1, 0.15) is 0 Å². The second kappa shape index (κ2) is 2.74. The molecule has 54 valence electrons. The molecule has 0 amide bonds. The predicted molar refractivity (Wildman–Crippen MR) is 53.9 cm³/mol. The van der Waals surface area contributed by atoms with Gasteiger partial charge in [-0.3, -0.25) is 4.98 Å². The summed E-state index contributed by atoms with van der Waals surface area (Å²) in [5.41, 5.74) is 1.09. The monoisotopic (exact) mass is 273 g/mol. The number of hydrogen-bond donors (Lipinski definition) is 0. The molecule has 2 aromatic rings. The Morgan fingerprint density at radius 2 is 2.27 bits per heavy atom. The summed E-state index contributed by atoms with van der Waals surface area (Å²) in [5, 5.41) is 4.17. The predicted octanol–water partition coefficient (Wildman–Crippen LogP) is -0.408. The van der Waals surface area contributed by atoms with Gasteiger partial charge in [-0.15, -0.1) is 0 Å². The highest BCUT2D eigenvalue weighted by atomic mass is 127. The third-order valence-electron chi connectivity index (χ3n) is 1.49. The Labute approximate surface area is 85.4 Å². The maximum absolute atomic E-state index is 4.24. The molecule has 3 nitrogen and oxygen atoms in total. The molecular formula is C6H5AlIN3. The van der Waals surface area contributed by atoms with Gasteiger partial charge in [0.1, 0.15) is 0 Å². The van der Waals surface area contributed by atoms with Crippen molar-refractivity contribution in [3.8, 4) is 0 Å². The Morgan fingerprint density at radius 3 is 3.09 bits per heavy atom. The molecule has 0 spiro atoms. The third-order valence-corrected chi connectivity index (χ3v) is 2.83. The van der Waals surface area contributed by atoms with E-state index in [9.17, 15) is 0 Å². The van der Waals surface area contributed by atoms with Crippen LogP contribution in [0.3, 0.4) is 0 Å². The molecule has 2 rings (SSSR count). The summed E-state index contributed by atoms with van der Waals surface area (Å²) in [6.45, 7) is 0. The highest BCUT2D eigenvalue weighted by Crippen LogP contribution is 2.09. The molecule has 0 aliphatic rings. The van der Waals surface area contributed by atoms with E-state index >= 15 is 0 Å². The first kappa shape index (κ1) is 7.53. The van der Waals surface area contributed by atoms with Gasteiger partial charge in [-0.25, -0.2) is 4.52 Å². The maximum Gasteiger partial charge on any atom is 0.292 e. The Morgan fingerprint density at radius 1 is 1.45 bits per heavy atom. The molecular weight excluding hydrogens is 268 g/mol. The van der Waals surface area contributed by atoms with E-state index in [2.05, 4.69) is 32.7 Å². The van der Waals surface area contributed by atoms with E-state index in [0.717, 1.165) is 29.9 Å². The van der Waals surface area contributed by atoms with Crippen LogP contribution in [-0.4, -0.2) is 30.9 Å². The molecule has 0 saturated heterocycles. The lowest BCUT2D eigenvalue weighted by Gasteiger charge is -1.93. The topological polar surface area (TPSA) is 30.2 Å². The lowest BCUT2D eigenvalue weighted by molar-refractivity contribution is 0.955. The lowest BCUT2D eigenvalue weighted by Crippen LogP contribution is -2.10. The van der Waals surface area contributed by atoms with E-state index in [0.29, 0.717) is 0 Å². The number of fused-ring (bicyclic) bond motifs is 1. The fraction of sp³-hybridized carbons (Fsp3) is 0. The van der Waals surface area contributed by atoms with Crippen LogP contribution in [0.5, 0.6) is 0 Å². The van der Waals surface area contributed by atoms with Gasteiger partial charge in [-0.05, 0) is 27.1 Å². The molecule has 0 aliphatic heterocycles. The van der Waals surface area contributed by atoms with E-state index in [1.807, 2.05) is 23.1 Å². The smallest absolute Gasteiger partial charge is 0.277 e. The van der Waals surface area contributed by atoms with Crippen molar-refractivity contribution >= 4 is 49.0 Å². The molecule has 2 aromatic heterocycles. The highest BCUT2D eigenvalue weighted by molar-refractivity contribution is 14.1. The van der Waals surface area contributed by atoms with E-state index in [1.165, 1.54) is 0 Å². The molecule has 0 unspecified atom stereocenters. The third kappa shape index (κ3) is 1.28. The molecule has 5 heteroatoms. The first-order valence-electron chi connectivity index (χ1n) is 3.23. The van der Waals surface area contributed by atoms with Gasteiger partial charge >= 0.3 is 0 Å². The van der Waals surface area contributed by atoms with Crippen LogP contribution < -0.4 is 4.56 Å². The zero-order chi connectivity index (χ0) is 7.84. The molecule has 0 fully saturated rings. The normalized spacial score (nSPS) is 10.6. The average molecular weight is 273 g/mol. The molecule has 0 bridgehead atoms. The SMILES string of the molecule is [AlH2][c]1cn2ncc(I)c2cn1. The summed E-state index contributed by atoms with van der Waals surface area (Å²) in [6.07, 6.45) is 5.69. The summed E-state index contributed by atoms with van der Waals surface area (Å²) < 4.78 is 4.14. The number of halogens is 1. The Balaban J connectivity index is 2.86. The van der Waals surface area contributed by atoms with Crippen LogP contribution in [0.4, 0.5) is 0 Å². The van der Waals surface area contributed by atoms with E-state index in [4.69, 9.17) is 0 Å². The minimum atomic E-state index is 0.978. The van der Waals surface area contributed by atoms with Crippen LogP contribution in [0, 0.1) is 3.57 Å². The zero-order valence-electron chi connectivity index (χ0n) is 5.95. The van der Waals surface area contributed by atoms with Gasteiger partial charge in [-0.2, -0.15) is 5.10 Å². The largest absolute Gasteiger partial charge is 0.292 e. The van der Waals surface area contributed by atoms with E-state index in [-0.39, 0.29) is 0 Å². The molecule has 11 heavy (non-hydrogen) atoms.